The van der Waals surface area contributed by atoms with Crippen molar-refractivity contribution in [2.45, 2.75) is 50.7 Å². The van der Waals surface area contributed by atoms with Crippen LogP contribution in [0.15, 0.2) is 48.8 Å². The maximum Gasteiger partial charge on any atom is 0.251 e. The number of aromatic nitrogens is 5. The molecular formula is C27H31N7O4. The summed E-state index contributed by atoms with van der Waals surface area (Å²) in [4.78, 5) is 17.1. The van der Waals surface area contributed by atoms with Gasteiger partial charge >= 0.3 is 0 Å². The average molecular weight is 518 g/mol. The van der Waals surface area contributed by atoms with Gasteiger partial charge in [-0.3, -0.25) is 9.48 Å². The van der Waals surface area contributed by atoms with Gasteiger partial charge in [0.05, 0.1) is 36.0 Å². The molecule has 4 heterocycles. The molecule has 1 saturated carbocycles. The normalized spacial score (nSPS) is 19.5. The van der Waals surface area contributed by atoms with E-state index in [2.05, 4.69) is 20.7 Å². The highest BCUT2D eigenvalue weighted by atomic mass is 16.7. The number of carbonyl (C=O) groups excluding carboxylic acids is 1. The summed E-state index contributed by atoms with van der Waals surface area (Å²) in [6, 6.07) is 11.5. The van der Waals surface area contributed by atoms with Crippen LogP contribution in [0, 0.1) is 0 Å². The van der Waals surface area contributed by atoms with E-state index in [1.165, 1.54) is 0 Å². The van der Waals surface area contributed by atoms with Crippen LogP contribution in [0.1, 0.15) is 37.0 Å². The topological polar surface area (TPSA) is 128 Å². The molecule has 0 radical (unpaired) electrons. The molecule has 1 aliphatic carbocycles. The minimum Gasteiger partial charge on any atom is -0.388 e. The molecule has 1 saturated heterocycles. The zero-order valence-electron chi connectivity index (χ0n) is 21.6. The van der Waals surface area contributed by atoms with Crippen molar-refractivity contribution in [3.8, 4) is 22.6 Å². The molecule has 11 heteroatoms. The highest BCUT2D eigenvalue weighted by Gasteiger charge is 2.36. The molecule has 2 atom stereocenters. The highest BCUT2D eigenvalue weighted by molar-refractivity contribution is 5.95. The second kappa shape index (κ2) is 9.50. The Morgan fingerprint density at radius 1 is 1.21 bits per heavy atom. The minimum absolute atomic E-state index is 0.0566. The molecule has 6 rings (SSSR count). The molecule has 2 fully saturated rings. The van der Waals surface area contributed by atoms with E-state index >= 15 is 0 Å². The van der Waals surface area contributed by atoms with Gasteiger partial charge in [0.1, 0.15) is 11.8 Å². The standard InChI is InChI=1S/C27H31N7O4/c1-27(2)37-15-24(38-27)23(35)14-28-20-12-19(21-10-11-30-33(21)3)32-34-22(13-29-25(20)34)16-4-6-17(7-5-16)26(36)31-18-8-9-18/h4-7,10-13,18,23-24,28,35H,8-9,14-15H2,1-3H3,(H,31,36). The van der Waals surface area contributed by atoms with Gasteiger partial charge in [0.15, 0.2) is 11.4 Å². The van der Waals surface area contributed by atoms with Gasteiger partial charge in [0.2, 0.25) is 0 Å². The van der Waals surface area contributed by atoms with Crippen LogP contribution in [0.2, 0.25) is 0 Å². The number of aliphatic hydroxyl groups is 1. The van der Waals surface area contributed by atoms with Crippen molar-refractivity contribution in [3.63, 3.8) is 0 Å². The Morgan fingerprint density at radius 3 is 2.66 bits per heavy atom. The van der Waals surface area contributed by atoms with Crippen molar-refractivity contribution in [1.82, 2.24) is 29.7 Å². The summed E-state index contributed by atoms with van der Waals surface area (Å²) in [6.07, 6.45) is 4.35. The van der Waals surface area contributed by atoms with E-state index in [1.54, 1.807) is 21.6 Å². The van der Waals surface area contributed by atoms with Crippen LogP contribution in [0.4, 0.5) is 5.69 Å². The van der Waals surface area contributed by atoms with Gasteiger partial charge in [-0.1, -0.05) is 12.1 Å². The fourth-order valence-corrected chi connectivity index (χ4v) is 4.59. The molecule has 0 bridgehead atoms. The zero-order chi connectivity index (χ0) is 26.4. The van der Waals surface area contributed by atoms with Gasteiger partial charge in [-0.25, -0.2) is 9.50 Å². The molecule has 1 aromatic carbocycles. The van der Waals surface area contributed by atoms with Crippen LogP contribution >= 0.6 is 0 Å². The molecule has 4 aromatic rings. The fraction of sp³-hybridized carbons (Fsp3) is 0.407. The predicted octanol–water partition coefficient (Wildman–Crippen LogP) is 2.61. The Bertz CT molecular complexity index is 1470. The van der Waals surface area contributed by atoms with E-state index in [0.717, 1.165) is 29.8 Å². The van der Waals surface area contributed by atoms with E-state index in [4.69, 9.17) is 14.6 Å². The number of benzene rings is 1. The van der Waals surface area contributed by atoms with Crippen LogP contribution in [0.3, 0.4) is 0 Å². The first-order valence-corrected chi connectivity index (χ1v) is 12.8. The third kappa shape index (κ3) is 4.87. The number of carbonyl (C=O) groups is 1. The summed E-state index contributed by atoms with van der Waals surface area (Å²) < 4.78 is 14.9. The van der Waals surface area contributed by atoms with Crippen molar-refractivity contribution in [3.05, 3.63) is 54.4 Å². The maximum absolute atomic E-state index is 12.4. The van der Waals surface area contributed by atoms with E-state index in [0.29, 0.717) is 35.2 Å². The summed E-state index contributed by atoms with van der Waals surface area (Å²) in [5, 5.41) is 26.3. The molecule has 0 spiro atoms. The third-order valence-electron chi connectivity index (χ3n) is 6.87. The van der Waals surface area contributed by atoms with Gasteiger partial charge < -0.3 is 25.2 Å². The number of nitrogens with one attached hydrogen (secondary N) is 2. The first-order chi connectivity index (χ1) is 18.3. The van der Waals surface area contributed by atoms with E-state index < -0.39 is 18.0 Å². The Labute approximate surface area is 219 Å². The monoisotopic (exact) mass is 517 g/mol. The Hall–Kier alpha value is -3.80. The van der Waals surface area contributed by atoms with Gasteiger partial charge in [0.25, 0.3) is 5.91 Å². The highest BCUT2D eigenvalue weighted by Crippen LogP contribution is 2.29. The quantitative estimate of drug-likeness (QED) is 0.326. The molecule has 38 heavy (non-hydrogen) atoms. The van der Waals surface area contributed by atoms with Crippen molar-refractivity contribution in [2.75, 3.05) is 18.5 Å². The first-order valence-electron chi connectivity index (χ1n) is 12.8. The van der Waals surface area contributed by atoms with Gasteiger partial charge in [-0.15, -0.1) is 0 Å². The molecule has 3 N–H and O–H groups in total. The average Bonchev–Trinajstić information content (AvgIpc) is 3.26. The predicted molar refractivity (Wildman–Crippen MR) is 141 cm³/mol. The number of aliphatic hydroxyl groups excluding tert-OH is 1. The molecule has 2 unspecified atom stereocenters. The van der Waals surface area contributed by atoms with E-state index in [-0.39, 0.29) is 12.5 Å². The lowest BCUT2D eigenvalue weighted by Gasteiger charge is -2.21. The van der Waals surface area contributed by atoms with Gasteiger partial charge in [-0.2, -0.15) is 10.2 Å². The molecule has 1 aliphatic heterocycles. The number of anilines is 1. The second-order valence-electron chi connectivity index (χ2n) is 10.3. The molecule has 11 nitrogen and oxygen atoms in total. The van der Waals surface area contributed by atoms with Crippen LogP contribution < -0.4 is 10.6 Å². The van der Waals surface area contributed by atoms with E-state index in [1.807, 2.05) is 57.3 Å². The Balaban J connectivity index is 1.32. The van der Waals surface area contributed by atoms with Crippen LogP contribution in [0.5, 0.6) is 0 Å². The number of fused-ring (bicyclic) bond motifs is 1. The molecular weight excluding hydrogens is 486 g/mol. The lowest BCUT2D eigenvalue weighted by Crippen LogP contribution is -2.35. The number of rotatable bonds is 8. The Kier molecular flexibility index (Phi) is 6.13. The largest absolute Gasteiger partial charge is 0.388 e. The first kappa shape index (κ1) is 24.5. The van der Waals surface area contributed by atoms with Crippen molar-refractivity contribution in [2.24, 2.45) is 7.05 Å². The number of nitrogens with zero attached hydrogens (tertiary/aromatic N) is 5. The summed E-state index contributed by atoms with van der Waals surface area (Å²) in [5.41, 5.74) is 5.11. The number of hydrogen-bond acceptors (Lipinski definition) is 8. The maximum atomic E-state index is 12.4. The summed E-state index contributed by atoms with van der Waals surface area (Å²) in [5.74, 6) is -0.770. The smallest absolute Gasteiger partial charge is 0.251 e. The summed E-state index contributed by atoms with van der Waals surface area (Å²) in [6.45, 7) is 4.22. The zero-order valence-corrected chi connectivity index (χ0v) is 21.6. The van der Waals surface area contributed by atoms with Crippen molar-refractivity contribution in [1.29, 1.82) is 0 Å². The molecule has 2 aliphatic rings. The molecule has 3 aromatic heterocycles. The third-order valence-corrected chi connectivity index (χ3v) is 6.87. The number of amides is 1. The minimum atomic E-state index is -0.783. The van der Waals surface area contributed by atoms with Crippen LogP contribution in [-0.2, 0) is 16.5 Å². The summed E-state index contributed by atoms with van der Waals surface area (Å²) in [7, 11) is 1.86. The van der Waals surface area contributed by atoms with Crippen molar-refractivity contribution >= 4 is 17.2 Å². The van der Waals surface area contributed by atoms with Crippen LogP contribution in [-0.4, -0.2) is 72.6 Å². The number of aryl methyl sites for hydroxylation is 1. The van der Waals surface area contributed by atoms with Gasteiger partial charge in [-0.05, 0) is 51.0 Å². The van der Waals surface area contributed by atoms with Crippen molar-refractivity contribution < 1.29 is 19.4 Å². The lowest BCUT2D eigenvalue weighted by atomic mass is 10.1. The van der Waals surface area contributed by atoms with Gasteiger partial charge in [0, 0.05) is 37.0 Å². The number of hydrogen-bond donors (Lipinski definition) is 3. The SMILES string of the molecule is Cn1nccc1-c1cc(NCC(O)C2COC(C)(C)O2)c2ncc(-c3ccc(C(=O)NC4CC4)cc3)n2n1. The number of ether oxygens (including phenoxy) is 2. The number of imidazole rings is 1. The molecule has 198 valence electrons. The Morgan fingerprint density at radius 2 is 2.00 bits per heavy atom. The van der Waals surface area contributed by atoms with E-state index in [9.17, 15) is 9.90 Å². The summed E-state index contributed by atoms with van der Waals surface area (Å²) >= 11 is 0. The van der Waals surface area contributed by atoms with Crippen LogP contribution in [0.25, 0.3) is 28.3 Å². The molecule has 1 amide bonds. The lowest BCUT2D eigenvalue weighted by molar-refractivity contribution is -0.149. The fourth-order valence-electron chi connectivity index (χ4n) is 4.59. The second-order valence-corrected chi connectivity index (χ2v) is 10.3.